The Kier molecular flexibility index (Phi) is 5.69. The third kappa shape index (κ3) is 3.60. The van der Waals surface area contributed by atoms with E-state index < -0.39 is 17.7 Å². The van der Waals surface area contributed by atoms with E-state index in [2.05, 4.69) is 0 Å². The molecule has 162 valence electrons. The van der Waals surface area contributed by atoms with Gasteiger partial charge in [-0.05, 0) is 48.9 Å². The van der Waals surface area contributed by atoms with Gasteiger partial charge in [0.25, 0.3) is 11.7 Å². The smallest absolute Gasteiger partial charge is 0.300 e. The number of Topliss-reactive ketones (excluding diaryl/α,β-unsaturated/α-hetero) is 1. The van der Waals surface area contributed by atoms with E-state index in [-0.39, 0.29) is 11.3 Å². The molecule has 1 saturated heterocycles. The number of ether oxygens (including phenoxy) is 2. The second kappa shape index (κ2) is 8.59. The van der Waals surface area contributed by atoms with Crippen molar-refractivity contribution in [3.05, 3.63) is 95.1 Å². The standard InChI is InChI=1S/C26H23NO5/c1-16-11-13-18(14-12-16)27-23(17-7-6-8-19(15-17)31-2)22(25(29)26(27)30)24(28)20-9-4-5-10-21(20)32-3/h4-15,23,28H,1-3H3/b24-22-. The van der Waals surface area contributed by atoms with Crippen molar-refractivity contribution in [2.24, 2.45) is 0 Å². The van der Waals surface area contributed by atoms with Crippen LogP contribution in [0.4, 0.5) is 5.69 Å². The molecule has 6 heteroatoms. The predicted molar refractivity (Wildman–Crippen MR) is 122 cm³/mol. The molecule has 1 aliphatic heterocycles. The molecule has 1 atom stereocenters. The number of hydrogen-bond donors (Lipinski definition) is 1. The Bertz CT molecular complexity index is 1210. The molecule has 3 aromatic carbocycles. The predicted octanol–water partition coefficient (Wildman–Crippen LogP) is 4.64. The fraction of sp³-hybridized carbons (Fsp3) is 0.154. The van der Waals surface area contributed by atoms with E-state index in [1.165, 1.54) is 12.0 Å². The number of hydrogen-bond acceptors (Lipinski definition) is 5. The Balaban J connectivity index is 1.98. The summed E-state index contributed by atoms with van der Waals surface area (Å²) in [5.41, 5.74) is 2.56. The van der Waals surface area contributed by atoms with Crippen LogP contribution in [-0.4, -0.2) is 31.0 Å². The Morgan fingerprint density at radius 1 is 0.906 bits per heavy atom. The summed E-state index contributed by atoms with van der Waals surface area (Å²) in [6.45, 7) is 1.94. The van der Waals surface area contributed by atoms with Gasteiger partial charge in [0.05, 0.1) is 31.4 Å². The lowest BCUT2D eigenvalue weighted by Crippen LogP contribution is -2.29. The van der Waals surface area contributed by atoms with E-state index in [9.17, 15) is 14.7 Å². The van der Waals surface area contributed by atoms with Gasteiger partial charge in [-0.25, -0.2) is 0 Å². The minimum absolute atomic E-state index is 0.00618. The number of ketones is 1. The van der Waals surface area contributed by atoms with Gasteiger partial charge in [0.2, 0.25) is 0 Å². The largest absolute Gasteiger partial charge is 0.507 e. The molecule has 0 aromatic heterocycles. The quantitative estimate of drug-likeness (QED) is 0.363. The zero-order valence-electron chi connectivity index (χ0n) is 18.0. The van der Waals surface area contributed by atoms with Gasteiger partial charge in [0.15, 0.2) is 0 Å². The van der Waals surface area contributed by atoms with E-state index in [1.807, 2.05) is 19.1 Å². The molecule has 0 saturated carbocycles. The number of aryl methyl sites for hydroxylation is 1. The highest BCUT2D eigenvalue weighted by atomic mass is 16.5. The van der Waals surface area contributed by atoms with Crippen molar-refractivity contribution in [3.8, 4) is 11.5 Å². The van der Waals surface area contributed by atoms with Crippen LogP contribution in [0, 0.1) is 6.92 Å². The Morgan fingerprint density at radius 3 is 2.31 bits per heavy atom. The fourth-order valence-electron chi connectivity index (χ4n) is 3.92. The van der Waals surface area contributed by atoms with Crippen LogP contribution >= 0.6 is 0 Å². The fourth-order valence-corrected chi connectivity index (χ4v) is 3.92. The lowest BCUT2D eigenvalue weighted by Gasteiger charge is -2.26. The maximum Gasteiger partial charge on any atom is 0.300 e. The van der Waals surface area contributed by atoms with Crippen molar-refractivity contribution >= 4 is 23.1 Å². The third-order valence-corrected chi connectivity index (χ3v) is 5.53. The van der Waals surface area contributed by atoms with E-state index in [0.717, 1.165) is 5.56 Å². The summed E-state index contributed by atoms with van der Waals surface area (Å²) in [6.07, 6.45) is 0. The second-order valence-corrected chi connectivity index (χ2v) is 7.48. The van der Waals surface area contributed by atoms with Gasteiger partial charge in [-0.1, -0.05) is 42.0 Å². The number of para-hydroxylation sites is 1. The van der Waals surface area contributed by atoms with Crippen LogP contribution in [-0.2, 0) is 9.59 Å². The van der Waals surface area contributed by atoms with Gasteiger partial charge in [-0.2, -0.15) is 0 Å². The number of carbonyl (C=O) groups excluding carboxylic acids is 2. The topological polar surface area (TPSA) is 76.1 Å². The molecule has 1 heterocycles. The molecular weight excluding hydrogens is 406 g/mol. The average molecular weight is 429 g/mol. The van der Waals surface area contributed by atoms with Crippen molar-refractivity contribution in [1.29, 1.82) is 0 Å². The number of aliphatic hydroxyl groups is 1. The molecular formula is C26H23NO5. The summed E-state index contributed by atoms with van der Waals surface area (Å²) in [7, 11) is 3.03. The van der Waals surface area contributed by atoms with Gasteiger partial charge in [-0.3, -0.25) is 14.5 Å². The monoisotopic (exact) mass is 429 g/mol. The lowest BCUT2D eigenvalue weighted by molar-refractivity contribution is -0.132. The third-order valence-electron chi connectivity index (χ3n) is 5.53. The van der Waals surface area contributed by atoms with E-state index in [1.54, 1.807) is 67.8 Å². The highest BCUT2D eigenvalue weighted by Crippen LogP contribution is 2.43. The maximum atomic E-state index is 13.2. The van der Waals surface area contributed by atoms with Gasteiger partial charge in [0.1, 0.15) is 17.3 Å². The first kappa shape index (κ1) is 21.2. The van der Waals surface area contributed by atoms with Crippen LogP contribution < -0.4 is 14.4 Å². The number of amides is 1. The number of aliphatic hydroxyl groups excluding tert-OH is 1. The first-order chi connectivity index (χ1) is 15.5. The van der Waals surface area contributed by atoms with Gasteiger partial charge < -0.3 is 14.6 Å². The number of benzene rings is 3. The summed E-state index contributed by atoms with van der Waals surface area (Å²) < 4.78 is 10.7. The molecule has 0 aliphatic carbocycles. The van der Waals surface area contributed by atoms with E-state index >= 15 is 0 Å². The number of methoxy groups -OCH3 is 2. The minimum Gasteiger partial charge on any atom is -0.507 e. The Hall–Kier alpha value is -4.06. The minimum atomic E-state index is -0.835. The molecule has 4 rings (SSSR count). The van der Waals surface area contributed by atoms with E-state index in [0.29, 0.717) is 28.3 Å². The Labute approximate surface area is 186 Å². The molecule has 1 aliphatic rings. The summed E-state index contributed by atoms with van der Waals surface area (Å²) in [4.78, 5) is 27.8. The second-order valence-electron chi connectivity index (χ2n) is 7.48. The molecule has 3 aromatic rings. The number of nitrogens with zero attached hydrogens (tertiary/aromatic N) is 1. The number of rotatable bonds is 5. The van der Waals surface area contributed by atoms with Gasteiger partial charge in [-0.15, -0.1) is 0 Å². The van der Waals surface area contributed by atoms with E-state index in [4.69, 9.17) is 9.47 Å². The normalized spacial score (nSPS) is 17.5. The molecule has 1 fully saturated rings. The van der Waals surface area contributed by atoms with Crippen molar-refractivity contribution in [2.75, 3.05) is 19.1 Å². The van der Waals surface area contributed by atoms with Crippen molar-refractivity contribution in [3.63, 3.8) is 0 Å². The SMILES string of the molecule is COc1cccc(C2/C(=C(/O)c3ccccc3OC)C(=O)C(=O)N2c2ccc(C)cc2)c1. The van der Waals surface area contributed by atoms with Crippen LogP contribution in [0.2, 0.25) is 0 Å². The lowest BCUT2D eigenvalue weighted by atomic mass is 9.94. The highest BCUT2D eigenvalue weighted by Gasteiger charge is 2.47. The van der Waals surface area contributed by atoms with Crippen LogP contribution in [0.15, 0.2) is 78.4 Å². The summed E-state index contributed by atoms with van der Waals surface area (Å²) in [5, 5.41) is 11.3. The van der Waals surface area contributed by atoms with Crippen LogP contribution in [0.25, 0.3) is 5.76 Å². The Morgan fingerprint density at radius 2 is 1.62 bits per heavy atom. The first-order valence-corrected chi connectivity index (χ1v) is 10.1. The maximum absolute atomic E-state index is 13.2. The number of anilines is 1. The first-order valence-electron chi connectivity index (χ1n) is 10.1. The number of carbonyl (C=O) groups is 2. The molecule has 6 nitrogen and oxygen atoms in total. The summed E-state index contributed by atoms with van der Waals surface area (Å²) >= 11 is 0. The van der Waals surface area contributed by atoms with Crippen LogP contribution in [0.1, 0.15) is 22.7 Å². The van der Waals surface area contributed by atoms with Crippen LogP contribution in [0.3, 0.4) is 0 Å². The molecule has 32 heavy (non-hydrogen) atoms. The summed E-state index contributed by atoms with van der Waals surface area (Å²) in [5.74, 6) is -0.784. The van der Waals surface area contributed by atoms with Crippen molar-refractivity contribution in [1.82, 2.24) is 0 Å². The molecule has 1 unspecified atom stereocenters. The van der Waals surface area contributed by atoms with Crippen molar-refractivity contribution in [2.45, 2.75) is 13.0 Å². The molecule has 1 amide bonds. The zero-order valence-corrected chi connectivity index (χ0v) is 18.0. The molecule has 1 N–H and O–H groups in total. The molecule has 0 spiro atoms. The van der Waals surface area contributed by atoms with Crippen LogP contribution in [0.5, 0.6) is 11.5 Å². The highest BCUT2D eigenvalue weighted by molar-refractivity contribution is 6.51. The zero-order chi connectivity index (χ0) is 22.8. The summed E-state index contributed by atoms with van der Waals surface area (Å²) in [6, 6.07) is 20.4. The molecule has 0 bridgehead atoms. The average Bonchev–Trinajstić information content (AvgIpc) is 3.09. The molecule has 0 radical (unpaired) electrons. The van der Waals surface area contributed by atoms with Crippen molar-refractivity contribution < 1.29 is 24.2 Å². The van der Waals surface area contributed by atoms with Gasteiger partial charge in [0, 0.05) is 5.69 Å². The van der Waals surface area contributed by atoms with Gasteiger partial charge >= 0.3 is 0 Å².